The van der Waals surface area contributed by atoms with Gasteiger partial charge in [0.1, 0.15) is 0 Å². The summed E-state index contributed by atoms with van der Waals surface area (Å²) < 4.78 is 5.03. The molecular formula is C11H11N3O3. The lowest BCUT2D eigenvalue weighted by Gasteiger charge is -1.94. The summed E-state index contributed by atoms with van der Waals surface area (Å²) in [6, 6.07) is 6.17. The maximum atomic E-state index is 10.6. The van der Waals surface area contributed by atoms with Crippen LogP contribution in [0.25, 0.3) is 11.4 Å². The van der Waals surface area contributed by atoms with Crippen molar-refractivity contribution in [3.05, 3.63) is 40.3 Å². The molecule has 0 unspecified atom stereocenters. The van der Waals surface area contributed by atoms with Gasteiger partial charge in [-0.05, 0) is 6.42 Å². The van der Waals surface area contributed by atoms with Crippen LogP contribution in [-0.4, -0.2) is 15.1 Å². The SMILES string of the molecule is CCCc1nc(-c2cccc([N+](=O)[O-])c2)no1. The van der Waals surface area contributed by atoms with Crippen molar-refractivity contribution < 1.29 is 9.45 Å². The summed E-state index contributed by atoms with van der Waals surface area (Å²) in [4.78, 5) is 14.4. The molecule has 0 aliphatic heterocycles. The van der Waals surface area contributed by atoms with Gasteiger partial charge < -0.3 is 4.52 Å². The third kappa shape index (κ3) is 2.47. The van der Waals surface area contributed by atoms with Crippen molar-refractivity contribution in [3.8, 4) is 11.4 Å². The average Bonchev–Trinajstić information content (AvgIpc) is 2.78. The lowest BCUT2D eigenvalue weighted by atomic mass is 10.2. The predicted molar refractivity (Wildman–Crippen MR) is 60.4 cm³/mol. The highest BCUT2D eigenvalue weighted by molar-refractivity contribution is 5.58. The van der Waals surface area contributed by atoms with Crippen LogP contribution >= 0.6 is 0 Å². The Hall–Kier alpha value is -2.24. The Bertz CT molecular complexity index is 536. The largest absolute Gasteiger partial charge is 0.339 e. The molecule has 88 valence electrons. The molecular weight excluding hydrogens is 222 g/mol. The molecule has 1 aromatic carbocycles. The van der Waals surface area contributed by atoms with Gasteiger partial charge in [0.15, 0.2) is 0 Å². The first-order valence-electron chi connectivity index (χ1n) is 5.28. The summed E-state index contributed by atoms with van der Waals surface area (Å²) >= 11 is 0. The van der Waals surface area contributed by atoms with Crippen molar-refractivity contribution in [1.29, 1.82) is 0 Å². The van der Waals surface area contributed by atoms with E-state index in [1.165, 1.54) is 12.1 Å². The van der Waals surface area contributed by atoms with Crippen LogP contribution < -0.4 is 0 Å². The molecule has 17 heavy (non-hydrogen) atoms. The molecule has 0 fully saturated rings. The number of nitro benzene ring substituents is 1. The fourth-order valence-electron chi connectivity index (χ4n) is 1.45. The van der Waals surface area contributed by atoms with Gasteiger partial charge in [0.25, 0.3) is 5.69 Å². The zero-order chi connectivity index (χ0) is 12.3. The highest BCUT2D eigenvalue weighted by Gasteiger charge is 2.11. The van der Waals surface area contributed by atoms with Gasteiger partial charge in [-0.1, -0.05) is 24.2 Å². The Labute approximate surface area is 97.4 Å². The van der Waals surface area contributed by atoms with E-state index >= 15 is 0 Å². The minimum absolute atomic E-state index is 0.0179. The average molecular weight is 233 g/mol. The zero-order valence-corrected chi connectivity index (χ0v) is 9.29. The molecule has 0 saturated carbocycles. The first kappa shape index (κ1) is 11.3. The number of hydrogen-bond acceptors (Lipinski definition) is 5. The molecule has 6 nitrogen and oxygen atoms in total. The number of aromatic nitrogens is 2. The zero-order valence-electron chi connectivity index (χ0n) is 9.29. The maximum Gasteiger partial charge on any atom is 0.270 e. The van der Waals surface area contributed by atoms with Crippen LogP contribution in [0.15, 0.2) is 28.8 Å². The van der Waals surface area contributed by atoms with Gasteiger partial charge in [-0.15, -0.1) is 0 Å². The highest BCUT2D eigenvalue weighted by Crippen LogP contribution is 2.21. The Morgan fingerprint density at radius 1 is 1.47 bits per heavy atom. The van der Waals surface area contributed by atoms with E-state index in [4.69, 9.17) is 4.52 Å². The molecule has 1 aromatic heterocycles. The number of rotatable bonds is 4. The molecule has 0 atom stereocenters. The van der Waals surface area contributed by atoms with Crippen molar-refractivity contribution in [2.24, 2.45) is 0 Å². The third-order valence-corrected chi connectivity index (χ3v) is 2.25. The lowest BCUT2D eigenvalue weighted by Crippen LogP contribution is -1.89. The molecule has 0 bridgehead atoms. The fraction of sp³-hybridized carbons (Fsp3) is 0.273. The number of benzene rings is 1. The van der Waals surface area contributed by atoms with Crippen LogP contribution in [0.3, 0.4) is 0 Å². The van der Waals surface area contributed by atoms with E-state index in [1.54, 1.807) is 12.1 Å². The van der Waals surface area contributed by atoms with E-state index < -0.39 is 4.92 Å². The van der Waals surface area contributed by atoms with Crippen molar-refractivity contribution in [1.82, 2.24) is 10.1 Å². The number of nitrogens with zero attached hydrogens (tertiary/aromatic N) is 3. The van der Waals surface area contributed by atoms with Gasteiger partial charge in [-0.2, -0.15) is 4.98 Å². The minimum atomic E-state index is -0.448. The summed E-state index contributed by atoms with van der Waals surface area (Å²) in [5.41, 5.74) is 0.606. The minimum Gasteiger partial charge on any atom is -0.339 e. The quantitative estimate of drug-likeness (QED) is 0.598. The van der Waals surface area contributed by atoms with Gasteiger partial charge in [0.05, 0.1) is 4.92 Å². The fourth-order valence-corrected chi connectivity index (χ4v) is 1.45. The molecule has 0 radical (unpaired) electrons. The molecule has 0 aliphatic rings. The molecule has 0 N–H and O–H groups in total. The predicted octanol–water partition coefficient (Wildman–Crippen LogP) is 2.60. The van der Waals surface area contributed by atoms with Gasteiger partial charge in [0.2, 0.25) is 11.7 Å². The first-order valence-corrected chi connectivity index (χ1v) is 5.28. The highest BCUT2D eigenvalue weighted by atomic mass is 16.6. The maximum absolute atomic E-state index is 10.6. The number of non-ortho nitro benzene ring substituents is 1. The molecule has 0 spiro atoms. The smallest absolute Gasteiger partial charge is 0.270 e. The van der Waals surface area contributed by atoms with Gasteiger partial charge in [-0.25, -0.2) is 0 Å². The van der Waals surface area contributed by atoms with Crippen LogP contribution in [0.2, 0.25) is 0 Å². The Kier molecular flexibility index (Phi) is 3.13. The van der Waals surface area contributed by atoms with Crippen LogP contribution in [-0.2, 0) is 6.42 Å². The molecule has 6 heteroatoms. The van der Waals surface area contributed by atoms with Crippen molar-refractivity contribution in [2.45, 2.75) is 19.8 Å². The number of hydrogen-bond donors (Lipinski definition) is 0. The van der Waals surface area contributed by atoms with Crippen molar-refractivity contribution in [2.75, 3.05) is 0 Å². The summed E-state index contributed by atoms with van der Waals surface area (Å²) in [5, 5.41) is 14.4. The summed E-state index contributed by atoms with van der Waals surface area (Å²) in [6.45, 7) is 2.01. The van der Waals surface area contributed by atoms with Crippen LogP contribution in [0.5, 0.6) is 0 Å². The van der Waals surface area contributed by atoms with E-state index in [1.807, 2.05) is 6.92 Å². The normalized spacial score (nSPS) is 10.4. The van der Waals surface area contributed by atoms with Crippen LogP contribution in [0.1, 0.15) is 19.2 Å². The number of aryl methyl sites for hydroxylation is 1. The Balaban J connectivity index is 2.32. The monoisotopic (exact) mass is 233 g/mol. The molecule has 2 aromatic rings. The van der Waals surface area contributed by atoms with Gasteiger partial charge >= 0.3 is 0 Å². The van der Waals surface area contributed by atoms with E-state index in [-0.39, 0.29) is 5.69 Å². The van der Waals surface area contributed by atoms with Crippen LogP contribution in [0, 0.1) is 10.1 Å². The van der Waals surface area contributed by atoms with Crippen molar-refractivity contribution >= 4 is 5.69 Å². The van der Waals surface area contributed by atoms with Crippen molar-refractivity contribution in [3.63, 3.8) is 0 Å². The second-order valence-corrected chi connectivity index (χ2v) is 3.57. The molecule has 0 aliphatic carbocycles. The summed E-state index contributed by atoms with van der Waals surface area (Å²) in [7, 11) is 0. The van der Waals surface area contributed by atoms with E-state index in [0.717, 1.165) is 6.42 Å². The Morgan fingerprint density at radius 2 is 2.29 bits per heavy atom. The molecule has 0 amide bonds. The topological polar surface area (TPSA) is 82.1 Å². The van der Waals surface area contributed by atoms with E-state index in [0.29, 0.717) is 23.7 Å². The lowest BCUT2D eigenvalue weighted by molar-refractivity contribution is -0.384. The third-order valence-electron chi connectivity index (χ3n) is 2.25. The Morgan fingerprint density at radius 3 is 3.00 bits per heavy atom. The summed E-state index contributed by atoms with van der Waals surface area (Å²) in [5.74, 6) is 0.936. The van der Waals surface area contributed by atoms with Gasteiger partial charge in [-0.3, -0.25) is 10.1 Å². The molecule has 1 heterocycles. The molecule has 2 rings (SSSR count). The second kappa shape index (κ2) is 4.73. The summed E-state index contributed by atoms with van der Waals surface area (Å²) in [6.07, 6.45) is 1.62. The van der Waals surface area contributed by atoms with E-state index in [2.05, 4.69) is 10.1 Å². The second-order valence-electron chi connectivity index (χ2n) is 3.57. The molecule has 0 saturated heterocycles. The standard InChI is InChI=1S/C11H11N3O3/c1-2-4-10-12-11(13-17-10)8-5-3-6-9(7-8)14(15)16/h3,5-7H,2,4H2,1H3. The van der Waals surface area contributed by atoms with E-state index in [9.17, 15) is 10.1 Å². The van der Waals surface area contributed by atoms with Crippen LogP contribution in [0.4, 0.5) is 5.69 Å². The first-order chi connectivity index (χ1) is 8.20. The number of nitro groups is 1. The van der Waals surface area contributed by atoms with Gasteiger partial charge in [0, 0.05) is 24.1 Å².